The summed E-state index contributed by atoms with van der Waals surface area (Å²) < 4.78 is 189. The number of halogens is 14. The highest BCUT2D eigenvalue weighted by molar-refractivity contribution is 5.80. The summed E-state index contributed by atoms with van der Waals surface area (Å²) >= 11 is 0. The van der Waals surface area contributed by atoms with Crippen LogP contribution in [0.25, 0.3) is 0 Å². The van der Waals surface area contributed by atoms with Crippen LogP contribution in [0.1, 0.15) is 12.8 Å². The number of ether oxygens (including phenoxy) is 2. The van der Waals surface area contributed by atoms with Crippen LogP contribution in [-0.2, 0) is 14.3 Å². The van der Waals surface area contributed by atoms with Crippen LogP contribution in [0.3, 0.4) is 0 Å². The van der Waals surface area contributed by atoms with Gasteiger partial charge in [0.05, 0.1) is 13.2 Å². The molecule has 4 nitrogen and oxygen atoms in total. The van der Waals surface area contributed by atoms with Crippen molar-refractivity contribution < 1.29 is 75.7 Å². The van der Waals surface area contributed by atoms with Gasteiger partial charge in [-0.05, 0) is 6.42 Å². The molecule has 1 aliphatic heterocycles. The maximum Gasteiger partial charge on any atom is 0.462 e. The number of hydrogen-bond acceptors (Lipinski definition) is 3. The molecule has 0 aromatic carbocycles. The molecule has 2 atom stereocenters. The molecule has 0 aliphatic carbocycles. The van der Waals surface area contributed by atoms with E-state index in [-0.39, 0.29) is 4.90 Å². The van der Waals surface area contributed by atoms with E-state index >= 15 is 0 Å². The first-order valence-electron chi connectivity index (χ1n) is 8.28. The number of alkyl halides is 14. The molecule has 1 fully saturated rings. The Hall–Kier alpha value is -1.59. The van der Waals surface area contributed by atoms with Crippen LogP contribution in [0.15, 0.2) is 0 Å². The van der Waals surface area contributed by atoms with E-state index in [1.54, 1.807) is 0 Å². The van der Waals surface area contributed by atoms with Crippen LogP contribution in [0.2, 0.25) is 0 Å². The zero-order valence-electron chi connectivity index (χ0n) is 15.3. The molecule has 1 rings (SSSR count). The van der Waals surface area contributed by atoms with Gasteiger partial charge in [-0.15, -0.1) is 0 Å². The van der Waals surface area contributed by atoms with Gasteiger partial charge >= 0.3 is 36.4 Å². The Morgan fingerprint density at radius 3 is 1.66 bits per heavy atom. The molecule has 0 saturated carbocycles. The third-order valence-corrected chi connectivity index (χ3v) is 4.17. The number of morpholine rings is 1. The summed E-state index contributed by atoms with van der Waals surface area (Å²) in [6, 6.07) is 0. The lowest BCUT2D eigenvalue weighted by Gasteiger charge is -2.40. The van der Waals surface area contributed by atoms with Crippen molar-refractivity contribution in [2.24, 2.45) is 5.92 Å². The Bertz CT molecular complexity index is 653. The van der Waals surface area contributed by atoms with Gasteiger partial charge in [0.1, 0.15) is 5.92 Å². The highest BCUT2D eigenvalue weighted by Gasteiger charge is 2.79. The van der Waals surface area contributed by atoms with Crippen LogP contribution in [0.5, 0.6) is 0 Å². The first-order valence-corrected chi connectivity index (χ1v) is 8.28. The number of rotatable bonds is 7. The summed E-state index contributed by atoms with van der Waals surface area (Å²) in [6.45, 7) is -2.17. The summed E-state index contributed by atoms with van der Waals surface area (Å²) in [6.07, 6.45) is -31.5. The Balaban J connectivity index is 3.51. The zero-order valence-corrected chi connectivity index (χ0v) is 15.3. The molecule has 190 valence electrons. The van der Waals surface area contributed by atoms with E-state index in [0.717, 1.165) is 0 Å². The molecule has 1 amide bonds. The molecule has 0 radical (unpaired) electrons. The normalized spacial score (nSPS) is 20.1. The molecule has 18 heteroatoms. The minimum Gasteiger partial charge on any atom is -0.378 e. The van der Waals surface area contributed by atoms with Gasteiger partial charge in [0.2, 0.25) is 5.91 Å². The van der Waals surface area contributed by atoms with E-state index < -0.39 is 87.4 Å². The molecule has 1 saturated heterocycles. The second-order valence-electron chi connectivity index (χ2n) is 6.48. The Morgan fingerprint density at radius 1 is 0.812 bits per heavy atom. The average Bonchev–Trinajstić information content (AvgIpc) is 2.59. The molecule has 0 bridgehead atoms. The number of hydrogen-bond donors (Lipinski definition) is 0. The first kappa shape index (κ1) is 28.4. The van der Waals surface area contributed by atoms with Crippen molar-refractivity contribution >= 4 is 5.91 Å². The van der Waals surface area contributed by atoms with Gasteiger partial charge < -0.3 is 9.64 Å². The molecule has 1 heterocycles. The number of nitrogens with zero attached hydrogens (tertiary/aromatic N) is 1. The monoisotopic (exact) mass is 509 g/mol. The van der Waals surface area contributed by atoms with Crippen molar-refractivity contribution in [3.05, 3.63) is 0 Å². The molecule has 32 heavy (non-hydrogen) atoms. The maximum absolute atomic E-state index is 14.8. The number of carbonyl (C=O) groups excluding carboxylic acids is 1. The maximum atomic E-state index is 14.8. The van der Waals surface area contributed by atoms with Crippen LogP contribution < -0.4 is 0 Å². The van der Waals surface area contributed by atoms with Crippen LogP contribution in [0, 0.1) is 5.92 Å². The summed E-state index contributed by atoms with van der Waals surface area (Å²) in [7, 11) is 0. The zero-order chi connectivity index (χ0) is 25.4. The molecule has 0 N–H and O–H groups in total. The number of carbonyl (C=O) groups is 1. The topological polar surface area (TPSA) is 38.8 Å². The van der Waals surface area contributed by atoms with E-state index in [1.165, 1.54) is 0 Å². The molecule has 0 spiro atoms. The third-order valence-electron chi connectivity index (χ3n) is 4.17. The smallest absolute Gasteiger partial charge is 0.378 e. The second-order valence-corrected chi connectivity index (χ2v) is 6.48. The highest BCUT2D eigenvalue weighted by Crippen LogP contribution is 2.53. The van der Waals surface area contributed by atoms with Crippen molar-refractivity contribution in [3.63, 3.8) is 0 Å². The summed E-state index contributed by atoms with van der Waals surface area (Å²) in [5.41, 5.74) is 0. The van der Waals surface area contributed by atoms with Gasteiger partial charge in [-0.25, -0.2) is 4.39 Å². The fourth-order valence-electron chi connectivity index (χ4n) is 2.52. The quantitative estimate of drug-likeness (QED) is 0.462. The first-order chi connectivity index (χ1) is 14.1. The predicted octanol–water partition coefficient (Wildman–Crippen LogP) is 4.84. The summed E-state index contributed by atoms with van der Waals surface area (Å²) in [5.74, 6) is -19.9. The van der Waals surface area contributed by atoms with Crippen molar-refractivity contribution in [1.29, 1.82) is 0 Å². The van der Waals surface area contributed by atoms with E-state index in [1.807, 2.05) is 0 Å². The lowest BCUT2D eigenvalue weighted by Crippen LogP contribution is -2.63. The van der Waals surface area contributed by atoms with Crippen molar-refractivity contribution in [1.82, 2.24) is 4.90 Å². The second kappa shape index (κ2) is 8.98. The van der Waals surface area contributed by atoms with Gasteiger partial charge in [-0.2, -0.15) is 57.1 Å². The van der Waals surface area contributed by atoms with E-state index in [2.05, 4.69) is 4.74 Å². The van der Waals surface area contributed by atoms with Crippen molar-refractivity contribution in [2.45, 2.75) is 49.3 Å². The SMILES string of the molecule is O=C(C(CCC(F)(F)F)C(F)(OC(F)(F)C(F)(F)C(F)(F)F)C(F)(F)F)N1CCOCC1. The summed E-state index contributed by atoms with van der Waals surface area (Å²) in [4.78, 5) is 12.5. The molecule has 1 aliphatic rings. The highest BCUT2D eigenvalue weighted by atomic mass is 19.4. The van der Waals surface area contributed by atoms with Crippen molar-refractivity contribution in [3.8, 4) is 0 Å². The Labute approximate surface area is 169 Å². The third kappa shape index (κ3) is 6.05. The number of amides is 1. The lowest BCUT2D eigenvalue weighted by atomic mass is 9.91. The standard InChI is InChI=1S/C14H13F14NO3/c15-9(16,17)2-1-7(8(30)29-3-5-31-6-4-29)10(18,12(21,22)23)32-14(27,28)11(19,20)13(24,25)26/h7H,1-6H2. The van der Waals surface area contributed by atoms with Crippen molar-refractivity contribution in [2.75, 3.05) is 26.3 Å². The van der Waals surface area contributed by atoms with Gasteiger partial charge in [-0.1, -0.05) is 0 Å². The molecular weight excluding hydrogens is 496 g/mol. The van der Waals surface area contributed by atoms with E-state index in [0.29, 0.717) is 0 Å². The fourth-order valence-corrected chi connectivity index (χ4v) is 2.52. The molecule has 0 aromatic heterocycles. The predicted molar refractivity (Wildman–Crippen MR) is 73.1 cm³/mol. The van der Waals surface area contributed by atoms with Gasteiger partial charge in [0, 0.05) is 19.5 Å². The van der Waals surface area contributed by atoms with Gasteiger partial charge in [0.25, 0.3) is 0 Å². The average molecular weight is 509 g/mol. The molecular formula is C14H13F14NO3. The van der Waals surface area contributed by atoms with Crippen LogP contribution in [0.4, 0.5) is 61.5 Å². The van der Waals surface area contributed by atoms with Crippen LogP contribution >= 0.6 is 0 Å². The Kier molecular flexibility index (Phi) is 7.98. The van der Waals surface area contributed by atoms with Gasteiger partial charge in [0.15, 0.2) is 0 Å². The Morgan fingerprint density at radius 2 is 1.28 bits per heavy atom. The minimum absolute atomic E-state index is 0.244. The van der Waals surface area contributed by atoms with Crippen LogP contribution in [-0.4, -0.2) is 73.5 Å². The largest absolute Gasteiger partial charge is 0.462 e. The molecule has 2 unspecified atom stereocenters. The summed E-state index contributed by atoms with van der Waals surface area (Å²) in [5, 5.41) is 0. The fraction of sp³-hybridized carbons (Fsp3) is 0.929. The van der Waals surface area contributed by atoms with Gasteiger partial charge in [-0.3, -0.25) is 9.53 Å². The van der Waals surface area contributed by atoms with E-state index in [4.69, 9.17) is 4.74 Å². The molecule has 0 aromatic rings. The lowest BCUT2D eigenvalue weighted by molar-refractivity contribution is -0.489. The van der Waals surface area contributed by atoms with E-state index in [9.17, 15) is 66.3 Å². The minimum atomic E-state index is -7.40.